The number of ether oxygens (including phenoxy) is 1. The third-order valence-electron chi connectivity index (χ3n) is 7.22. The van der Waals surface area contributed by atoms with Crippen molar-refractivity contribution in [3.63, 3.8) is 0 Å². The fraction of sp³-hybridized carbons (Fsp3) is 0.370. The summed E-state index contributed by atoms with van der Waals surface area (Å²) in [6.45, 7) is 2.33. The summed E-state index contributed by atoms with van der Waals surface area (Å²) in [5.41, 5.74) is 5.01. The van der Waals surface area contributed by atoms with E-state index in [2.05, 4.69) is 32.5 Å². The van der Waals surface area contributed by atoms with Crippen molar-refractivity contribution in [2.24, 2.45) is 7.05 Å². The highest BCUT2D eigenvalue weighted by atomic mass is 16.5. The number of aryl methyl sites for hydroxylation is 1. The second kappa shape index (κ2) is 9.67. The number of pyridine rings is 2. The van der Waals surface area contributed by atoms with Crippen LogP contribution in [-0.2, 0) is 16.6 Å². The van der Waals surface area contributed by atoms with Gasteiger partial charge < -0.3 is 15.0 Å². The van der Waals surface area contributed by atoms with Gasteiger partial charge in [0.05, 0.1) is 23.5 Å². The van der Waals surface area contributed by atoms with Crippen LogP contribution in [0, 0.1) is 11.3 Å². The van der Waals surface area contributed by atoms with Gasteiger partial charge in [0.15, 0.2) is 0 Å². The molecule has 2 aliphatic heterocycles. The zero-order valence-corrected chi connectivity index (χ0v) is 20.7. The number of amides is 1. The summed E-state index contributed by atoms with van der Waals surface area (Å²) in [4.78, 5) is 19.4. The molecule has 2 saturated heterocycles. The van der Waals surface area contributed by atoms with E-state index in [1.165, 1.54) is 0 Å². The van der Waals surface area contributed by atoms with Crippen molar-refractivity contribution in [3.05, 3.63) is 54.7 Å². The van der Waals surface area contributed by atoms with Gasteiger partial charge >= 0.3 is 0 Å². The number of hydrogen-bond donors (Lipinski definition) is 1. The Morgan fingerprint density at radius 2 is 1.95 bits per heavy atom. The Labute approximate surface area is 214 Å². The van der Waals surface area contributed by atoms with Crippen molar-refractivity contribution in [2.45, 2.75) is 37.8 Å². The summed E-state index contributed by atoms with van der Waals surface area (Å²) >= 11 is 0. The van der Waals surface area contributed by atoms with Crippen LogP contribution in [0.5, 0.6) is 0 Å². The molecule has 0 bridgehead atoms. The summed E-state index contributed by atoms with van der Waals surface area (Å²) in [6.07, 6.45) is 12.4. The monoisotopic (exact) mass is 496 g/mol. The third-order valence-corrected chi connectivity index (χ3v) is 7.22. The molecule has 6 rings (SSSR count). The molecular weight excluding hydrogens is 468 g/mol. The third kappa shape index (κ3) is 4.54. The van der Waals surface area contributed by atoms with Crippen molar-refractivity contribution in [3.8, 4) is 28.3 Å². The quantitative estimate of drug-likeness (QED) is 0.452. The first-order valence-electron chi connectivity index (χ1n) is 12.6. The first-order chi connectivity index (χ1) is 18.1. The van der Waals surface area contributed by atoms with Crippen LogP contribution >= 0.6 is 0 Å². The molecule has 0 saturated carbocycles. The van der Waals surface area contributed by atoms with Crippen molar-refractivity contribution >= 4 is 17.2 Å². The standard InChI is InChI=1S/C27H28N8O2/c1-33-16-21(15-30-33)19-11-23(26-20(12-28)14-31-35(26)17-19)18-4-5-25(29-13-18)34-8-6-22(7-9-34)32-27(36)24-3-2-10-37-24/h4-5,11,13-17,22,24H,2-3,6-10H2,1H3,(H,32,36). The minimum atomic E-state index is -0.285. The van der Waals surface area contributed by atoms with Crippen LogP contribution in [0.15, 0.2) is 49.2 Å². The molecule has 188 valence electrons. The van der Waals surface area contributed by atoms with Crippen LogP contribution in [0.4, 0.5) is 5.82 Å². The van der Waals surface area contributed by atoms with Crippen LogP contribution < -0.4 is 10.2 Å². The lowest BCUT2D eigenvalue weighted by Crippen LogP contribution is -2.47. The molecule has 0 spiro atoms. The van der Waals surface area contributed by atoms with Crippen LogP contribution in [0.25, 0.3) is 27.8 Å². The van der Waals surface area contributed by atoms with E-state index in [0.717, 1.165) is 72.4 Å². The van der Waals surface area contributed by atoms with E-state index in [1.54, 1.807) is 15.4 Å². The Hall–Kier alpha value is -4.23. The van der Waals surface area contributed by atoms with Crippen LogP contribution in [0.1, 0.15) is 31.2 Å². The van der Waals surface area contributed by atoms with Crippen molar-refractivity contribution < 1.29 is 9.53 Å². The van der Waals surface area contributed by atoms with Gasteiger partial charge in [-0.25, -0.2) is 9.50 Å². The number of carbonyl (C=O) groups excluding carboxylic acids is 1. The maximum atomic E-state index is 12.4. The average molecular weight is 497 g/mol. The molecule has 37 heavy (non-hydrogen) atoms. The number of rotatable bonds is 5. The van der Waals surface area contributed by atoms with Crippen molar-refractivity contribution in [1.29, 1.82) is 5.26 Å². The van der Waals surface area contributed by atoms with Gasteiger partial charge in [0, 0.05) is 73.6 Å². The molecule has 1 atom stereocenters. The maximum absolute atomic E-state index is 12.4. The highest BCUT2D eigenvalue weighted by Crippen LogP contribution is 2.32. The van der Waals surface area contributed by atoms with E-state index < -0.39 is 0 Å². The molecule has 10 nitrogen and oxygen atoms in total. The normalized spacial score (nSPS) is 18.3. The molecule has 4 aromatic rings. The number of carbonyl (C=O) groups is 1. The fourth-order valence-corrected chi connectivity index (χ4v) is 5.22. The minimum absolute atomic E-state index is 0.0230. The number of nitrogens with zero attached hydrogens (tertiary/aromatic N) is 7. The molecule has 4 aromatic heterocycles. The van der Waals surface area contributed by atoms with Gasteiger partial charge in [-0.15, -0.1) is 0 Å². The van der Waals surface area contributed by atoms with Gasteiger partial charge in [-0.3, -0.25) is 9.48 Å². The van der Waals surface area contributed by atoms with Gasteiger partial charge in [-0.1, -0.05) is 0 Å². The zero-order valence-electron chi connectivity index (χ0n) is 20.7. The van der Waals surface area contributed by atoms with Crippen LogP contribution in [0.3, 0.4) is 0 Å². The lowest BCUT2D eigenvalue weighted by Gasteiger charge is -2.33. The molecule has 1 unspecified atom stereocenters. The SMILES string of the molecule is Cn1cc(-c2cc(-c3ccc(N4CCC(NC(=O)C5CCCO5)CC4)nc3)c3c(C#N)cnn3c2)cn1. The number of piperidine rings is 1. The number of fused-ring (bicyclic) bond motifs is 1. The van der Waals surface area contributed by atoms with E-state index >= 15 is 0 Å². The number of nitrogens with one attached hydrogen (secondary N) is 1. The van der Waals surface area contributed by atoms with Crippen molar-refractivity contribution in [2.75, 3.05) is 24.6 Å². The maximum Gasteiger partial charge on any atom is 0.249 e. The summed E-state index contributed by atoms with van der Waals surface area (Å²) in [7, 11) is 1.88. The Kier molecular flexibility index (Phi) is 6.06. The van der Waals surface area contributed by atoms with Gasteiger partial charge in [0.1, 0.15) is 18.0 Å². The van der Waals surface area contributed by atoms with Crippen molar-refractivity contribution in [1.82, 2.24) is 29.7 Å². The fourth-order valence-electron chi connectivity index (χ4n) is 5.22. The second-order valence-corrected chi connectivity index (χ2v) is 9.69. The highest BCUT2D eigenvalue weighted by Gasteiger charge is 2.27. The number of hydrogen-bond acceptors (Lipinski definition) is 7. The van der Waals surface area contributed by atoms with E-state index in [4.69, 9.17) is 9.72 Å². The molecule has 1 N–H and O–H groups in total. The van der Waals surface area contributed by atoms with Gasteiger partial charge in [-0.05, 0) is 43.9 Å². The molecule has 0 aliphatic carbocycles. The topological polar surface area (TPSA) is 113 Å². The molecule has 1 amide bonds. The Morgan fingerprint density at radius 1 is 1.08 bits per heavy atom. The molecule has 0 radical (unpaired) electrons. The van der Waals surface area contributed by atoms with Gasteiger partial charge in [0.25, 0.3) is 0 Å². The minimum Gasteiger partial charge on any atom is -0.368 e. The first kappa shape index (κ1) is 23.2. The molecule has 0 aromatic carbocycles. The predicted octanol–water partition coefficient (Wildman–Crippen LogP) is 2.93. The Balaban J connectivity index is 1.21. The molecule has 6 heterocycles. The van der Waals surface area contributed by atoms with Gasteiger partial charge in [0.2, 0.25) is 5.91 Å². The Bertz CT molecular complexity index is 1470. The highest BCUT2D eigenvalue weighted by molar-refractivity contribution is 5.87. The van der Waals surface area contributed by atoms with Crippen LogP contribution in [0.2, 0.25) is 0 Å². The number of anilines is 1. The van der Waals surface area contributed by atoms with E-state index in [9.17, 15) is 10.1 Å². The van der Waals surface area contributed by atoms with E-state index in [0.29, 0.717) is 12.2 Å². The first-order valence-corrected chi connectivity index (χ1v) is 12.6. The largest absolute Gasteiger partial charge is 0.368 e. The predicted molar refractivity (Wildman–Crippen MR) is 138 cm³/mol. The second-order valence-electron chi connectivity index (χ2n) is 9.69. The van der Waals surface area contributed by atoms with Gasteiger partial charge in [-0.2, -0.15) is 15.5 Å². The lowest BCUT2D eigenvalue weighted by atomic mass is 10.0. The summed E-state index contributed by atoms with van der Waals surface area (Å²) < 4.78 is 9.01. The summed E-state index contributed by atoms with van der Waals surface area (Å²) in [6, 6.07) is 8.56. The summed E-state index contributed by atoms with van der Waals surface area (Å²) in [5.74, 6) is 0.927. The van der Waals surface area contributed by atoms with Crippen LogP contribution in [-0.4, -0.2) is 62.1 Å². The molecule has 2 fully saturated rings. The average Bonchev–Trinajstić information content (AvgIpc) is 3.70. The molecule has 10 heteroatoms. The number of nitriles is 1. The van der Waals surface area contributed by atoms with E-state index in [-0.39, 0.29) is 18.1 Å². The summed E-state index contributed by atoms with van der Waals surface area (Å²) in [5, 5.41) is 21.5. The smallest absolute Gasteiger partial charge is 0.249 e. The number of aromatic nitrogens is 5. The molecule has 2 aliphatic rings. The molecular formula is C27H28N8O2. The van der Waals surface area contributed by atoms with E-state index in [1.807, 2.05) is 44.0 Å². The zero-order chi connectivity index (χ0) is 25.4. The lowest BCUT2D eigenvalue weighted by molar-refractivity contribution is -0.130. The Morgan fingerprint density at radius 3 is 2.62 bits per heavy atom.